The summed E-state index contributed by atoms with van der Waals surface area (Å²) in [5.74, 6) is 0.496. The molecule has 0 aliphatic heterocycles. The molecule has 5 heteroatoms. The second-order valence-corrected chi connectivity index (χ2v) is 2.85. The zero-order valence-electron chi connectivity index (χ0n) is 7.90. The van der Waals surface area contributed by atoms with E-state index in [1.807, 2.05) is 14.1 Å². The summed E-state index contributed by atoms with van der Waals surface area (Å²) in [6, 6.07) is 0. The van der Waals surface area contributed by atoms with Crippen molar-refractivity contribution in [1.29, 1.82) is 0 Å². The standard InChI is InChI=1S/C8H12N4O/c1-6(13)11-7-4-9-8(10-5-7)12(2)3/h4-5H,1-3H3,(H,11,13). The van der Waals surface area contributed by atoms with Gasteiger partial charge in [0.05, 0.1) is 18.1 Å². The number of anilines is 2. The van der Waals surface area contributed by atoms with Gasteiger partial charge in [-0.3, -0.25) is 4.79 Å². The van der Waals surface area contributed by atoms with Gasteiger partial charge in [-0.1, -0.05) is 0 Å². The Morgan fingerprint density at radius 2 is 1.92 bits per heavy atom. The van der Waals surface area contributed by atoms with Crippen molar-refractivity contribution in [1.82, 2.24) is 9.97 Å². The lowest BCUT2D eigenvalue weighted by Gasteiger charge is -2.09. The highest BCUT2D eigenvalue weighted by atomic mass is 16.1. The van der Waals surface area contributed by atoms with E-state index >= 15 is 0 Å². The van der Waals surface area contributed by atoms with Gasteiger partial charge in [-0.2, -0.15) is 0 Å². The summed E-state index contributed by atoms with van der Waals surface area (Å²) >= 11 is 0. The minimum absolute atomic E-state index is 0.124. The number of carbonyl (C=O) groups is 1. The van der Waals surface area contributed by atoms with Gasteiger partial charge in [0, 0.05) is 21.0 Å². The molecular formula is C8H12N4O. The zero-order chi connectivity index (χ0) is 9.84. The van der Waals surface area contributed by atoms with E-state index in [9.17, 15) is 4.79 Å². The molecule has 1 rings (SSSR count). The average molecular weight is 180 g/mol. The van der Waals surface area contributed by atoms with E-state index in [4.69, 9.17) is 0 Å². The Kier molecular flexibility index (Phi) is 2.79. The maximum absolute atomic E-state index is 10.7. The van der Waals surface area contributed by atoms with Crippen molar-refractivity contribution in [2.45, 2.75) is 6.92 Å². The molecule has 0 radical (unpaired) electrons. The summed E-state index contributed by atoms with van der Waals surface area (Å²) in [7, 11) is 3.71. The Bertz CT molecular complexity index is 294. The Labute approximate surface area is 76.8 Å². The van der Waals surface area contributed by atoms with E-state index in [0.717, 1.165) is 0 Å². The van der Waals surface area contributed by atoms with Crippen molar-refractivity contribution in [3.8, 4) is 0 Å². The molecule has 1 amide bonds. The Morgan fingerprint density at radius 1 is 1.38 bits per heavy atom. The molecule has 0 saturated heterocycles. The van der Waals surface area contributed by atoms with E-state index in [-0.39, 0.29) is 5.91 Å². The van der Waals surface area contributed by atoms with Crippen LogP contribution < -0.4 is 10.2 Å². The van der Waals surface area contributed by atoms with Gasteiger partial charge in [-0.15, -0.1) is 0 Å². The summed E-state index contributed by atoms with van der Waals surface area (Å²) in [5.41, 5.74) is 0.609. The molecule has 5 nitrogen and oxygen atoms in total. The summed E-state index contributed by atoms with van der Waals surface area (Å²) in [5, 5.41) is 2.59. The Hall–Kier alpha value is -1.65. The number of nitrogens with zero attached hydrogens (tertiary/aromatic N) is 3. The van der Waals surface area contributed by atoms with Gasteiger partial charge in [-0.05, 0) is 0 Å². The van der Waals surface area contributed by atoms with Crippen LogP contribution in [0, 0.1) is 0 Å². The first-order chi connectivity index (χ1) is 6.09. The van der Waals surface area contributed by atoms with Gasteiger partial charge in [0.25, 0.3) is 0 Å². The van der Waals surface area contributed by atoms with Crippen LogP contribution in [0.4, 0.5) is 11.6 Å². The first-order valence-corrected chi connectivity index (χ1v) is 3.86. The van der Waals surface area contributed by atoms with Crippen LogP contribution in [0.25, 0.3) is 0 Å². The van der Waals surface area contributed by atoms with Crippen LogP contribution in [0.1, 0.15) is 6.92 Å². The van der Waals surface area contributed by atoms with Crippen molar-refractivity contribution in [3.63, 3.8) is 0 Å². The predicted molar refractivity (Wildman–Crippen MR) is 50.7 cm³/mol. The molecule has 0 aliphatic rings. The van der Waals surface area contributed by atoms with Crippen LogP contribution >= 0.6 is 0 Å². The number of hydrogen-bond donors (Lipinski definition) is 1. The average Bonchev–Trinajstić information content (AvgIpc) is 2.04. The van der Waals surface area contributed by atoms with Crippen molar-refractivity contribution in [2.75, 3.05) is 24.3 Å². The molecule has 1 aromatic heterocycles. The van der Waals surface area contributed by atoms with Crippen LogP contribution in [0.3, 0.4) is 0 Å². The first-order valence-electron chi connectivity index (χ1n) is 3.86. The predicted octanol–water partition coefficient (Wildman–Crippen LogP) is 0.501. The maximum atomic E-state index is 10.7. The van der Waals surface area contributed by atoms with Crippen molar-refractivity contribution in [3.05, 3.63) is 12.4 Å². The second kappa shape index (κ2) is 3.84. The zero-order valence-corrected chi connectivity index (χ0v) is 7.90. The van der Waals surface area contributed by atoms with Crippen LogP contribution in [-0.2, 0) is 4.79 Å². The first kappa shape index (κ1) is 9.44. The van der Waals surface area contributed by atoms with E-state index in [1.165, 1.54) is 6.92 Å². The van der Waals surface area contributed by atoms with Gasteiger partial charge >= 0.3 is 0 Å². The number of carbonyl (C=O) groups excluding carboxylic acids is 1. The van der Waals surface area contributed by atoms with Crippen LogP contribution in [0.5, 0.6) is 0 Å². The van der Waals surface area contributed by atoms with Crippen LogP contribution in [0.2, 0.25) is 0 Å². The Morgan fingerprint density at radius 3 is 2.31 bits per heavy atom. The molecule has 0 atom stereocenters. The van der Waals surface area contributed by atoms with E-state index in [1.54, 1.807) is 17.3 Å². The van der Waals surface area contributed by atoms with Crippen molar-refractivity contribution < 1.29 is 4.79 Å². The molecule has 0 bridgehead atoms. The highest BCUT2D eigenvalue weighted by molar-refractivity contribution is 5.88. The molecular weight excluding hydrogens is 168 g/mol. The third-order valence-corrected chi connectivity index (χ3v) is 1.36. The van der Waals surface area contributed by atoms with Gasteiger partial charge in [-0.25, -0.2) is 9.97 Å². The lowest BCUT2D eigenvalue weighted by Crippen LogP contribution is -2.13. The molecule has 0 aliphatic carbocycles. The summed E-state index contributed by atoms with van der Waals surface area (Å²) < 4.78 is 0. The number of aromatic nitrogens is 2. The molecule has 13 heavy (non-hydrogen) atoms. The van der Waals surface area contributed by atoms with Gasteiger partial charge < -0.3 is 10.2 Å². The fourth-order valence-electron chi connectivity index (χ4n) is 0.820. The third-order valence-electron chi connectivity index (χ3n) is 1.36. The fraction of sp³-hybridized carbons (Fsp3) is 0.375. The monoisotopic (exact) mass is 180 g/mol. The highest BCUT2D eigenvalue weighted by Gasteiger charge is 1.99. The molecule has 1 aromatic rings. The quantitative estimate of drug-likeness (QED) is 0.720. The van der Waals surface area contributed by atoms with Gasteiger partial charge in [0.15, 0.2) is 0 Å². The van der Waals surface area contributed by atoms with Crippen LogP contribution in [0.15, 0.2) is 12.4 Å². The number of amides is 1. The van der Waals surface area contributed by atoms with E-state index in [0.29, 0.717) is 11.6 Å². The summed E-state index contributed by atoms with van der Waals surface area (Å²) in [6.45, 7) is 1.44. The van der Waals surface area contributed by atoms with E-state index in [2.05, 4.69) is 15.3 Å². The molecule has 1 N–H and O–H groups in total. The molecule has 0 fully saturated rings. The third kappa shape index (κ3) is 2.70. The summed E-state index contributed by atoms with van der Waals surface area (Å²) in [6.07, 6.45) is 3.15. The molecule has 0 unspecified atom stereocenters. The molecule has 70 valence electrons. The number of rotatable bonds is 2. The molecule has 0 saturated carbocycles. The maximum Gasteiger partial charge on any atom is 0.224 e. The topological polar surface area (TPSA) is 58.1 Å². The molecule has 0 spiro atoms. The Balaban J connectivity index is 2.75. The fourth-order valence-corrected chi connectivity index (χ4v) is 0.820. The van der Waals surface area contributed by atoms with E-state index < -0.39 is 0 Å². The highest BCUT2D eigenvalue weighted by Crippen LogP contribution is 2.06. The summed E-state index contributed by atoms with van der Waals surface area (Å²) in [4.78, 5) is 20.5. The number of nitrogens with one attached hydrogen (secondary N) is 1. The lowest BCUT2D eigenvalue weighted by molar-refractivity contribution is -0.114. The van der Waals surface area contributed by atoms with Crippen LogP contribution in [-0.4, -0.2) is 30.0 Å². The van der Waals surface area contributed by atoms with Crippen molar-refractivity contribution >= 4 is 17.5 Å². The van der Waals surface area contributed by atoms with Gasteiger partial charge in [0.1, 0.15) is 0 Å². The second-order valence-electron chi connectivity index (χ2n) is 2.85. The normalized spacial score (nSPS) is 9.46. The minimum atomic E-state index is -0.124. The molecule has 0 aromatic carbocycles. The molecule has 1 heterocycles. The SMILES string of the molecule is CC(=O)Nc1cnc(N(C)C)nc1. The van der Waals surface area contributed by atoms with Gasteiger partial charge in [0.2, 0.25) is 11.9 Å². The smallest absolute Gasteiger partial charge is 0.224 e. The lowest BCUT2D eigenvalue weighted by atomic mass is 10.5. The number of hydrogen-bond acceptors (Lipinski definition) is 4. The van der Waals surface area contributed by atoms with Crippen molar-refractivity contribution in [2.24, 2.45) is 0 Å². The minimum Gasteiger partial charge on any atom is -0.347 e. The largest absolute Gasteiger partial charge is 0.347 e.